The molecule has 0 aliphatic heterocycles. The molecular weight excluding hydrogens is 272 g/mol. The number of carbonyl (C=O) groups is 1. The predicted octanol–water partition coefficient (Wildman–Crippen LogP) is 2.00. The van der Waals surface area contributed by atoms with E-state index in [1.165, 1.54) is 6.92 Å². The standard InChI is InChI=1S/C11H15BrN2O2/c1-7(15)14-11-8(3-2-6-13)9(12)4-5-10(11)16/h4-5,16H,2-3,6,13H2,1H3,(H,14,15). The maximum absolute atomic E-state index is 11.0. The summed E-state index contributed by atoms with van der Waals surface area (Å²) in [6.07, 6.45) is 1.51. The second-order valence-electron chi connectivity index (χ2n) is 3.49. The van der Waals surface area contributed by atoms with Crippen molar-refractivity contribution in [2.24, 2.45) is 5.73 Å². The number of benzene rings is 1. The number of anilines is 1. The zero-order chi connectivity index (χ0) is 12.1. The van der Waals surface area contributed by atoms with Crippen LogP contribution in [0, 0.1) is 0 Å². The topological polar surface area (TPSA) is 75.3 Å². The summed E-state index contributed by atoms with van der Waals surface area (Å²) >= 11 is 3.40. The Balaban J connectivity index is 3.09. The Morgan fingerprint density at radius 1 is 1.56 bits per heavy atom. The molecule has 0 unspecified atom stereocenters. The van der Waals surface area contributed by atoms with Crippen molar-refractivity contribution in [1.29, 1.82) is 0 Å². The van der Waals surface area contributed by atoms with E-state index >= 15 is 0 Å². The Labute approximate surface area is 103 Å². The number of halogens is 1. The second-order valence-corrected chi connectivity index (χ2v) is 4.35. The van der Waals surface area contributed by atoms with Gasteiger partial charge in [0.25, 0.3) is 0 Å². The molecule has 0 spiro atoms. The third-order valence-corrected chi connectivity index (χ3v) is 2.91. The fourth-order valence-electron chi connectivity index (χ4n) is 1.45. The Morgan fingerprint density at radius 2 is 2.25 bits per heavy atom. The first kappa shape index (κ1) is 13.0. The van der Waals surface area contributed by atoms with Gasteiger partial charge < -0.3 is 16.2 Å². The summed E-state index contributed by atoms with van der Waals surface area (Å²) in [4.78, 5) is 11.0. The minimum absolute atomic E-state index is 0.0745. The third kappa shape index (κ3) is 3.21. The number of phenolic OH excluding ortho intramolecular Hbond substituents is 1. The highest BCUT2D eigenvalue weighted by Gasteiger charge is 2.12. The largest absolute Gasteiger partial charge is 0.506 e. The van der Waals surface area contributed by atoms with E-state index in [4.69, 9.17) is 5.73 Å². The van der Waals surface area contributed by atoms with Gasteiger partial charge >= 0.3 is 0 Å². The SMILES string of the molecule is CC(=O)Nc1c(O)ccc(Br)c1CCCN. The van der Waals surface area contributed by atoms with E-state index in [2.05, 4.69) is 21.2 Å². The van der Waals surface area contributed by atoms with Crippen LogP contribution in [0.4, 0.5) is 5.69 Å². The van der Waals surface area contributed by atoms with Crippen molar-refractivity contribution < 1.29 is 9.90 Å². The highest BCUT2D eigenvalue weighted by molar-refractivity contribution is 9.10. The first-order valence-corrected chi connectivity index (χ1v) is 5.83. The highest BCUT2D eigenvalue weighted by Crippen LogP contribution is 2.34. The van der Waals surface area contributed by atoms with Gasteiger partial charge in [0.1, 0.15) is 5.75 Å². The van der Waals surface area contributed by atoms with Crippen molar-refractivity contribution in [3.63, 3.8) is 0 Å². The molecule has 0 saturated heterocycles. The first-order valence-electron chi connectivity index (χ1n) is 5.04. The molecule has 16 heavy (non-hydrogen) atoms. The number of aromatic hydroxyl groups is 1. The van der Waals surface area contributed by atoms with Gasteiger partial charge in [-0.1, -0.05) is 15.9 Å². The summed E-state index contributed by atoms with van der Waals surface area (Å²) in [6.45, 7) is 1.98. The zero-order valence-corrected chi connectivity index (χ0v) is 10.7. The van der Waals surface area contributed by atoms with Gasteiger partial charge in [0.15, 0.2) is 0 Å². The molecule has 1 aromatic rings. The smallest absolute Gasteiger partial charge is 0.221 e. The number of hydrogen-bond acceptors (Lipinski definition) is 3. The quantitative estimate of drug-likeness (QED) is 0.741. The van der Waals surface area contributed by atoms with E-state index in [1.807, 2.05) is 0 Å². The molecule has 4 N–H and O–H groups in total. The van der Waals surface area contributed by atoms with Gasteiger partial charge in [-0.2, -0.15) is 0 Å². The zero-order valence-electron chi connectivity index (χ0n) is 9.09. The van der Waals surface area contributed by atoms with Crippen LogP contribution in [0.1, 0.15) is 18.9 Å². The molecule has 0 aromatic heterocycles. The second kappa shape index (κ2) is 5.86. The van der Waals surface area contributed by atoms with Crippen LogP contribution in [0.2, 0.25) is 0 Å². The molecule has 0 aliphatic carbocycles. The molecule has 1 aromatic carbocycles. The highest BCUT2D eigenvalue weighted by atomic mass is 79.9. The van der Waals surface area contributed by atoms with Gasteiger partial charge in [-0.05, 0) is 37.1 Å². The van der Waals surface area contributed by atoms with Crippen LogP contribution in [0.15, 0.2) is 16.6 Å². The molecule has 4 nitrogen and oxygen atoms in total. The molecule has 0 atom stereocenters. The normalized spacial score (nSPS) is 10.2. The van der Waals surface area contributed by atoms with E-state index in [9.17, 15) is 9.90 Å². The average Bonchev–Trinajstić information content (AvgIpc) is 2.22. The Morgan fingerprint density at radius 3 is 2.81 bits per heavy atom. The molecule has 0 aliphatic rings. The molecule has 1 amide bonds. The van der Waals surface area contributed by atoms with Crippen LogP contribution in [0.3, 0.4) is 0 Å². The number of phenols is 1. The van der Waals surface area contributed by atoms with Gasteiger partial charge in [0, 0.05) is 11.4 Å². The van der Waals surface area contributed by atoms with Crippen LogP contribution in [0.25, 0.3) is 0 Å². The number of hydrogen-bond donors (Lipinski definition) is 3. The molecule has 0 radical (unpaired) electrons. The van der Waals surface area contributed by atoms with Crippen molar-refractivity contribution in [3.8, 4) is 5.75 Å². The van der Waals surface area contributed by atoms with Crippen molar-refractivity contribution in [2.45, 2.75) is 19.8 Å². The molecule has 0 bridgehead atoms. The van der Waals surface area contributed by atoms with Crippen molar-refractivity contribution in [2.75, 3.05) is 11.9 Å². The van der Waals surface area contributed by atoms with Crippen molar-refractivity contribution in [1.82, 2.24) is 0 Å². The Kier molecular flexibility index (Phi) is 4.76. The summed E-state index contributed by atoms with van der Waals surface area (Å²) in [6, 6.07) is 3.30. The van der Waals surface area contributed by atoms with Gasteiger partial charge in [0.05, 0.1) is 5.69 Å². The summed E-state index contributed by atoms with van der Waals surface area (Å²) in [5, 5.41) is 12.3. The van der Waals surface area contributed by atoms with Gasteiger partial charge in [-0.15, -0.1) is 0 Å². The van der Waals surface area contributed by atoms with Gasteiger partial charge in [0.2, 0.25) is 5.91 Å². The Hall–Kier alpha value is -1.07. The summed E-state index contributed by atoms with van der Waals surface area (Å²) in [7, 11) is 0. The fraction of sp³-hybridized carbons (Fsp3) is 0.364. The predicted molar refractivity (Wildman–Crippen MR) is 67.5 cm³/mol. The maximum Gasteiger partial charge on any atom is 0.221 e. The lowest BCUT2D eigenvalue weighted by Crippen LogP contribution is -2.10. The number of carbonyl (C=O) groups excluding carboxylic acids is 1. The van der Waals surface area contributed by atoms with Gasteiger partial charge in [-0.3, -0.25) is 4.79 Å². The Bertz CT molecular complexity index is 394. The van der Waals surface area contributed by atoms with Crippen molar-refractivity contribution >= 4 is 27.5 Å². The van der Waals surface area contributed by atoms with Crippen LogP contribution in [0.5, 0.6) is 5.75 Å². The van der Waals surface area contributed by atoms with E-state index in [-0.39, 0.29) is 11.7 Å². The molecule has 1 rings (SSSR count). The molecular formula is C11H15BrN2O2. The fourth-order valence-corrected chi connectivity index (χ4v) is 1.98. The molecule has 0 saturated carbocycles. The van der Waals surface area contributed by atoms with E-state index in [1.54, 1.807) is 12.1 Å². The minimum atomic E-state index is -0.206. The maximum atomic E-state index is 11.0. The van der Waals surface area contributed by atoms with Gasteiger partial charge in [-0.25, -0.2) is 0 Å². The number of amides is 1. The monoisotopic (exact) mass is 286 g/mol. The van der Waals surface area contributed by atoms with Crippen molar-refractivity contribution in [3.05, 3.63) is 22.2 Å². The summed E-state index contributed by atoms with van der Waals surface area (Å²) < 4.78 is 0.863. The summed E-state index contributed by atoms with van der Waals surface area (Å²) in [5.41, 5.74) is 6.79. The lowest BCUT2D eigenvalue weighted by Gasteiger charge is -2.13. The molecule has 0 fully saturated rings. The average molecular weight is 287 g/mol. The minimum Gasteiger partial charge on any atom is -0.506 e. The molecule has 5 heteroatoms. The van der Waals surface area contributed by atoms with Crippen LogP contribution in [-0.2, 0) is 11.2 Å². The third-order valence-electron chi connectivity index (χ3n) is 2.17. The summed E-state index contributed by atoms with van der Waals surface area (Å²) in [5.74, 6) is -0.132. The number of nitrogens with two attached hydrogens (primary N) is 1. The van der Waals surface area contributed by atoms with E-state index in [0.717, 1.165) is 16.5 Å². The molecule has 88 valence electrons. The number of rotatable bonds is 4. The number of nitrogens with one attached hydrogen (secondary N) is 1. The van der Waals surface area contributed by atoms with Crippen LogP contribution >= 0.6 is 15.9 Å². The lowest BCUT2D eigenvalue weighted by atomic mass is 10.1. The molecule has 0 heterocycles. The van der Waals surface area contributed by atoms with Crippen LogP contribution in [-0.4, -0.2) is 17.6 Å². The van der Waals surface area contributed by atoms with E-state index < -0.39 is 0 Å². The van der Waals surface area contributed by atoms with Crippen LogP contribution < -0.4 is 11.1 Å². The lowest BCUT2D eigenvalue weighted by molar-refractivity contribution is -0.114. The van der Waals surface area contributed by atoms with E-state index in [0.29, 0.717) is 18.7 Å². The first-order chi connectivity index (χ1) is 7.56.